The molecular formula is C9H13N3O2. The summed E-state index contributed by atoms with van der Waals surface area (Å²) in [6.07, 6.45) is 2.68. The van der Waals surface area contributed by atoms with Crippen LogP contribution in [0.1, 0.15) is 6.42 Å². The number of nitrogens with one attached hydrogen (secondary N) is 1. The maximum atomic E-state index is 5.62. The van der Waals surface area contributed by atoms with E-state index in [1.54, 1.807) is 13.2 Å². The van der Waals surface area contributed by atoms with Crippen LogP contribution in [0.5, 0.6) is 11.8 Å². The summed E-state index contributed by atoms with van der Waals surface area (Å²) in [4.78, 5) is 7.91. The Hall–Kier alpha value is -1.36. The van der Waals surface area contributed by atoms with Crippen molar-refractivity contribution in [3.05, 3.63) is 12.4 Å². The fourth-order valence-electron chi connectivity index (χ4n) is 1.40. The van der Waals surface area contributed by atoms with Gasteiger partial charge in [0.15, 0.2) is 0 Å². The molecule has 5 heteroatoms. The molecule has 1 aliphatic rings. The second-order valence-corrected chi connectivity index (χ2v) is 3.13. The fourth-order valence-corrected chi connectivity index (χ4v) is 1.40. The lowest BCUT2D eigenvalue weighted by atomic mass is 10.3. The van der Waals surface area contributed by atoms with E-state index in [4.69, 9.17) is 9.47 Å². The minimum Gasteiger partial charge on any atom is -0.481 e. The first-order chi connectivity index (χ1) is 6.88. The molecule has 76 valence electrons. The highest BCUT2D eigenvalue weighted by atomic mass is 16.5. The average Bonchev–Trinajstić information content (AvgIpc) is 2.71. The van der Waals surface area contributed by atoms with Crippen molar-refractivity contribution in [1.29, 1.82) is 0 Å². The van der Waals surface area contributed by atoms with Gasteiger partial charge >= 0.3 is 0 Å². The number of hydrogen-bond acceptors (Lipinski definition) is 5. The summed E-state index contributed by atoms with van der Waals surface area (Å²) in [6, 6.07) is 1.69. The van der Waals surface area contributed by atoms with E-state index < -0.39 is 0 Å². The molecular weight excluding hydrogens is 182 g/mol. The molecule has 0 saturated carbocycles. The molecule has 0 amide bonds. The zero-order valence-corrected chi connectivity index (χ0v) is 8.06. The number of aromatic nitrogens is 2. The smallest absolute Gasteiger partial charge is 0.220 e. The van der Waals surface area contributed by atoms with Crippen LogP contribution in [0.15, 0.2) is 12.4 Å². The van der Waals surface area contributed by atoms with Gasteiger partial charge in [0.2, 0.25) is 11.8 Å². The Morgan fingerprint density at radius 1 is 1.43 bits per heavy atom. The maximum absolute atomic E-state index is 5.62. The van der Waals surface area contributed by atoms with E-state index >= 15 is 0 Å². The molecule has 1 fully saturated rings. The molecule has 14 heavy (non-hydrogen) atoms. The zero-order valence-electron chi connectivity index (χ0n) is 8.06. The zero-order chi connectivity index (χ0) is 9.80. The number of hydrogen-bond donors (Lipinski definition) is 1. The van der Waals surface area contributed by atoms with Crippen LogP contribution in [0.3, 0.4) is 0 Å². The molecule has 0 aliphatic carbocycles. The molecule has 1 saturated heterocycles. The van der Waals surface area contributed by atoms with Gasteiger partial charge in [-0.25, -0.2) is 9.97 Å². The molecule has 2 heterocycles. The molecule has 0 radical (unpaired) electrons. The molecule has 0 spiro atoms. The van der Waals surface area contributed by atoms with Crippen LogP contribution in [0, 0.1) is 0 Å². The van der Waals surface area contributed by atoms with Gasteiger partial charge in [0, 0.05) is 6.54 Å². The molecule has 1 aliphatic heterocycles. The van der Waals surface area contributed by atoms with Crippen LogP contribution in [0.2, 0.25) is 0 Å². The van der Waals surface area contributed by atoms with E-state index in [9.17, 15) is 0 Å². The van der Waals surface area contributed by atoms with Crippen molar-refractivity contribution < 1.29 is 9.47 Å². The summed E-state index contributed by atoms with van der Waals surface area (Å²) in [5.41, 5.74) is 0. The quantitative estimate of drug-likeness (QED) is 0.748. The second kappa shape index (κ2) is 4.23. The van der Waals surface area contributed by atoms with Gasteiger partial charge in [-0.1, -0.05) is 0 Å². The Balaban J connectivity index is 2.00. The molecule has 5 nitrogen and oxygen atoms in total. The Bertz CT molecular complexity index is 300. The highest BCUT2D eigenvalue weighted by molar-refractivity contribution is 5.18. The fraction of sp³-hybridized carbons (Fsp3) is 0.556. The van der Waals surface area contributed by atoms with Crippen molar-refractivity contribution in [1.82, 2.24) is 15.3 Å². The van der Waals surface area contributed by atoms with E-state index in [1.807, 2.05) is 0 Å². The van der Waals surface area contributed by atoms with E-state index in [0.717, 1.165) is 19.5 Å². The Morgan fingerprint density at radius 2 is 2.29 bits per heavy atom. The minimum absolute atomic E-state index is 0.217. The van der Waals surface area contributed by atoms with Crippen LogP contribution < -0.4 is 14.8 Å². The molecule has 1 aromatic rings. The Morgan fingerprint density at radius 3 is 3.00 bits per heavy atom. The van der Waals surface area contributed by atoms with Gasteiger partial charge in [0.05, 0.1) is 13.2 Å². The van der Waals surface area contributed by atoms with Gasteiger partial charge in [0.1, 0.15) is 12.4 Å². The van der Waals surface area contributed by atoms with Crippen LogP contribution >= 0.6 is 0 Å². The monoisotopic (exact) mass is 195 g/mol. The molecule has 1 N–H and O–H groups in total. The largest absolute Gasteiger partial charge is 0.481 e. The maximum Gasteiger partial charge on any atom is 0.220 e. The SMILES string of the molecule is COc1cc(OC2CCNC2)ncn1. The summed E-state index contributed by atoms with van der Waals surface area (Å²) in [7, 11) is 1.57. The third-order valence-electron chi connectivity index (χ3n) is 2.13. The molecule has 0 bridgehead atoms. The van der Waals surface area contributed by atoms with Gasteiger partial charge in [-0.05, 0) is 13.0 Å². The van der Waals surface area contributed by atoms with Crippen LogP contribution in [-0.2, 0) is 0 Å². The summed E-state index contributed by atoms with van der Waals surface area (Å²) >= 11 is 0. The first kappa shape index (κ1) is 9.21. The molecule has 2 rings (SSSR count). The second-order valence-electron chi connectivity index (χ2n) is 3.13. The van der Waals surface area contributed by atoms with Crippen LogP contribution in [-0.4, -0.2) is 36.3 Å². The first-order valence-electron chi connectivity index (χ1n) is 4.62. The van der Waals surface area contributed by atoms with Gasteiger partial charge in [-0.15, -0.1) is 0 Å². The predicted molar refractivity (Wildman–Crippen MR) is 50.5 cm³/mol. The van der Waals surface area contributed by atoms with Gasteiger partial charge in [-0.3, -0.25) is 0 Å². The Kier molecular flexibility index (Phi) is 2.78. The lowest BCUT2D eigenvalue weighted by Gasteiger charge is -2.11. The molecule has 1 atom stereocenters. The number of methoxy groups -OCH3 is 1. The normalized spacial score (nSPS) is 20.8. The van der Waals surface area contributed by atoms with Crippen LogP contribution in [0.25, 0.3) is 0 Å². The summed E-state index contributed by atoms with van der Waals surface area (Å²) in [6.45, 7) is 1.89. The molecule has 0 aromatic carbocycles. The topological polar surface area (TPSA) is 56.3 Å². The lowest BCUT2D eigenvalue weighted by molar-refractivity contribution is 0.212. The standard InChI is InChI=1S/C9H13N3O2/c1-13-8-4-9(12-6-11-8)14-7-2-3-10-5-7/h4,6-7,10H,2-3,5H2,1H3. The van der Waals surface area contributed by atoms with Gasteiger partial charge in [0.25, 0.3) is 0 Å². The molecule has 1 unspecified atom stereocenters. The summed E-state index contributed by atoms with van der Waals surface area (Å²) in [5.74, 6) is 1.10. The van der Waals surface area contributed by atoms with Crippen molar-refractivity contribution in [3.8, 4) is 11.8 Å². The molecule has 1 aromatic heterocycles. The van der Waals surface area contributed by atoms with E-state index in [-0.39, 0.29) is 6.10 Å². The highest BCUT2D eigenvalue weighted by Crippen LogP contribution is 2.15. The summed E-state index contributed by atoms with van der Waals surface area (Å²) in [5, 5.41) is 3.22. The number of rotatable bonds is 3. The number of nitrogens with zero attached hydrogens (tertiary/aromatic N) is 2. The summed E-state index contributed by atoms with van der Waals surface area (Å²) < 4.78 is 10.6. The third kappa shape index (κ3) is 2.11. The minimum atomic E-state index is 0.217. The van der Waals surface area contributed by atoms with Crippen molar-refractivity contribution in [2.75, 3.05) is 20.2 Å². The lowest BCUT2D eigenvalue weighted by Crippen LogP contribution is -2.20. The highest BCUT2D eigenvalue weighted by Gasteiger charge is 2.16. The Labute approximate surface area is 82.5 Å². The predicted octanol–water partition coefficient (Wildman–Crippen LogP) is 0.226. The van der Waals surface area contributed by atoms with Crippen molar-refractivity contribution in [2.24, 2.45) is 0 Å². The van der Waals surface area contributed by atoms with Gasteiger partial charge in [-0.2, -0.15) is 0 Å². The first-order valence-corrected chi connectivity index (χ1v) is 4.62. The third-order valence-corrected chi connectivity index (χ3v) is 2.13. The van der Waals surface area contributed by atoms with E-state index in [1.165, 1.54) is 6.33 Å². The van der Waals surface area contributed by atoms with Gasteiger partial charge < -0.3 is 14.8 Å². The van der Waals surface area contributed by atoms with Crippen molar-refractivity contribution in [2.45, 2.75) is 12.5 Å². The van der Waals surface area contributed by atoms with E-state index in [2.05, 4.69) is 15.3 Å². The van der Waals surface area contributed by atoms with Crippen molar-refractivity contribution >= 4 is 0 Å². The van der Waals surface area contributed by atoms with Crippen LogP contribution in [0.4, 0.5) is 0 Å². The number of ether oxygens (including phenoxy) is 2. The average molecular weight is 195 g/mol. The van der Waals surface area contributed by atoms with Crippen molar-refractivity contribution in [3.63, 3.8) is 0 Å². The van der Waals surface area contributed by atoms with E-state index in [0.29, 0.717) is 11.8 Å².